The quantitative estimate of drug-likeness (QED) is 0.471. The summed E-state index contributed by atoms with van der Waals surface area (Å²) in [5.41, 5.74) is 0. The summed E-state index contributed by atoms with van der Waals surface area (Å²) in [6, 6.07) is 0. The van der Waals surface area contributed by atoms with Gasteiger partial charge in [0.1, 0.15) is 0 Å². The summed E-state index contributed by atoms with van der Waals surface area (Å²) in [5.74, 6) is -0.465. The molecule has 0 aromatic rings. The van der Waals surface area contributed by atoms with Gasteiger partial charge in [-0.1, -0.05) is 0 Å². The molecular formula is C6H7ClF3NO. The molecule has 0 spiro atoms. The lowest BCUT2D eigenvalue weighted by Crippen LogP contribution is -2.49. The van der Waals surface area contributed by atoms with Crippen LogP contribution in [0.4, 0.5) is 18.0 Å². The van der Waals surface area contributed by atoms with Crippen LogP contribution in [0.15, 0.2) is 0 Å². The first-order valence-electron chi connectivity index (χ1n) is 3.39. The third-order valence-electron chi connectivity index (χ3n) is 1.73. The van der Waals surface area contributed by atoms with E-state index in [4.69, 9.17) is 11.6 Å². The maximum absolute atomic E-state index is 11.7. The van der Waals surface area contributed by atoms with Crippen molar-refractivity contribution in [2.45, 2.75) is 12.6 Å². The molecule has 0 saturated carbocycles. The van der Waals surface area contributed by atoms with E-state index in [1.807, 2.05) is 0 Å². The van der Waals surface area contributed by atoms with Gasteiger partial charge in [0, 0.05) is 25.4 Å². The third kappa shape index (κ3) is 2.55. The van der Waals surface area contributed by atoms with Crippen molar-refractivity contribution in [2.75, 3.05) is 13.1 Å². The predicted octanol–water partition coefficient (Wildman–Crippen LogP) is 2.23. The number of carbonyl (C=O) groups excluding carboxylic acids is 1. The fourth-order valence-corrected chi connectivity index (χ4v) is 1.31. The molecule has 0 radical (unpaired) electrons. The molecule has 1 fully saturated rings. The smallest absolute Gasteiger partial charge is 0.329 e. The Balaban J connectivity index is 2.22. The topological polar surface area (TPSA) is 20.3 Å². The second kappa shape index (κ2) is 3.12. The van der Waals surface area contributed by atoms with E-state index < -0.39 is 23.9 Å². The van der Waals surface area contributed by atoms with E-state index in [0.29, 0.717) is 0 Å². The highest BCUT2D eigenvalue weighted by Crippen LogP contribution is 2.30. The number of likely N-dealkylation sites (tertiary alicyclic amines) is 1. The van der Waals surface area contributed by atoms with Crippen LogP contribution in [0, 0.1) is 5.92 Å². The Kier molecular flexibility index (Phi) is 2.51. The van der Waals surface area contributed by atoms with Crippen molar-refractivity contribution in [3.8, 4) is 0 Å². The van der Waals surface area contributed by atoms with Gasteiger partial charge in [0.15, 0.2) is 0 Å². The van der Waals surface area contributed by atoms with E-state index >= 15 is 0 Å². The summed E-state index contributed by atoms with van der Waals surface area (Å²) < 4.78 is 35.2. The van der Waals surface area contributed by atoms with Crippen LogP contribution < -0.4 is 0 Å². The lowest BCUT2D eigenvalue weighted by Gasteiger charge is -2.37. The Morgan fingerprint density at radius 3 is 2.33 bits per heavy atom. The van der Waals surface area contributed by atoms with Crippen LogP contribution in [-0.4, -0.2) is 29.5 Å². The van der Waals surface area contributed by atoms with Crippen molar-refractivity contribution in [3.05, 3.63) is 0 Å². The standard InChI is InChI=1S/C6H7ClF3NO/c7-5(12)11-2-4(3-11)1-6(8,9)10/h4H,1-3H2. The molecule has 0 aromatic heterocycles. The molecule has 1 heterocycles. The van der Waals surface area contributed by atoms with Crippen molar-refractivity contribution < 1.29 is 18.0 Å². The molecule has 0 aliphatic carbocycles. The zero-order chi connectivity index (χ0) is 9.35. The third-order valence-corrected chi connectivity index (χ3v) is 1.96. The molecule has 1 aliphatic heterocycles. The summed E-state index contributed by atoms with van der Waals surface area (Å²) in [4.78, 5) is 11.5. The molecule has 0 atom stereocenters. The maximum atomic E-state index is 11.7. The summed E-state index contributed by atoms with van der Waals surface area (Å²) in [5, 5.41) is -0.673. The number of halogens is 4. The Bertz CT molecular complexity index is 188. The van der Waals surface area contributed by atoms with Crippen molar-refractivity contribution in [2.24, 2.45) is 5.92 Å². The number of carbonyl (C=O) groups is 1. The van der Waals surface area contributed by atoms with Crippen molar-refractivity contribution in [3.63, 3.8) is 0 Å². The van der Waals surface area contributed by atoms with Crippen LogP contribution >= 0.6 is 11.6 Å². The highest BCUT2D eigenvalue weighted by atomic mass is 35.5. The van der Waals surface area contributed by atoms with Crippen molar-refractivity contribution in [1.29, 1.82) is 0 Å². The van der Waals surface area contributed by atoms with Gasteiger partial charge in [-0.25, -0.2) is 0 Å². The summed E-state index contributed by atoms with van der Waals surface area (Å²) >= 11 is 5.02. The zero-order valence-electron chi connectivity index (χ0n) is 6.07. The minimum atomic E-state index is -4.13. The van der Waals surface area contributed by atoms with E-state index in [9.17, 15) is 18.0 Å². The highest BCUT2D eigenvalue weighted by molar-refractivity contribution is 6.62. The SMILES string of the molecule is O=C(Cl)N1CC(CC(F)(F)F)C1. The minimum absolute atomic E-state index is 0.127. The largest absolute Gasteiger partial charge is 0.389 e. The number of hydrogen-bond acceptors (Lipinski definition) is 1. The first-order chi connectivity index (χ1) is 5.38. The van der Waals surface area contributed by atoms with Gasteiger partial charge in [0.2, 0.25) is 0 Å². The van der Waals surface area contributed by atoms with Gasteiger partial charge in [0.05, 0.1) is 0 Å². The van der Waals surface area contributed by atoms with Gasteiger partial charge in [-0.2, -0.15) is 13.2 Å². The number of alkyl halides is 3. The molecule has 1 aliphatic rings. The lowest BCUT2D eigenvalue weighted by molar-refractivity contribution is -0.152. The normalized spacial score (nSPS) is 19.2. The summed E-state index contributed by atoms with van der Waals surface area (Å²) in [6.45, 7) is 0.254. The molecule has 1 rings (SSSR count). The molecular weight excluding hydrogens is 195 g/mol. The average Bonchev–Trinajstić information content (AvgIpc) is 1.74. The Hall–Kier alpha value is -0.450. The number of hydrogen-bond donors (Lipinski definition) is 0. The Labute approximate surface area is 72.3 Å². The van der Waals surface area contributed by atoms with Gasteiger partial charge >= 0.3 is 11.5 Å². The highest BCUT2D eigenvalue weighted by Gasteiger charge is 2.39. The van der Waals surface area contributed by atoms with Gasteiger partial charge < -0.3 is 4.90 Å². The first-order valence-corrected chi connectivity index (χ1v) is 3.77. The number of rotatable bonds is 1. The van der Waals surface area contributed by atoms with E-state index in [1.54, 1.807) is 0 Å². The monoisotopic (exact) mass is 201 g/mol. The predicted molar refractivity (Wildman–Crippen MR) is 37.0 cm³/mol. The van der Waals surface area contributed by atoms with E-state index in [0.717, 1.165) is 0 Å². The molecule has 0 bridgehead atoms. The van der Waals surface area contributed by atoms with Crippen molar-refractivity contribution in [1.82, 2.24) is 4.90 Å². The van der Waals surface area contributed by atoms with Gasteiger partial charge in [0.25, 0.3) is 0 Å². The van der Waals surface area contributed by atoms with Crippen LogP contribution in [-0.2, 0) is 0 Å². The zero-order valence-corrected chi connectivity index (χ0v) is 6.82. The Morgan fingerprint density at radius 2 is 2.00 bits per heavy atom. The summed E-state index contributed by atoms with van der Waals surface area (Å²) in [7, 11) is 0. The molecule has 0 unspecified atom stereocenters. The van der Waals surface area contributed by atoms with E-state index in [1.165, 1.54) is 4.90 Å². The first kappa shape index (κ1) is 9.64. The molecule has 1 saturated heterocycles. The molecule has 0 N–H and O–H groups in total. The summed E-state index contributed by atoms with van der Waals surface area (Å²) in [6.07, 6.45) is -4.96. The molecule has 12 heavy (non-hydrogen) atoms. The fourth-order valence-electron chi connectivity index (χ4n) is 1.17. The van der Waals surface area contributed by atoms with Crippen LogP contribution in [0.3, 0.4) is 0 Å². The van der Waals surface area contributed by atoms with Gasteiger partial charge in [-0.05, 0) is 11.6 Å². The second-order valence-electron chi connectivity index (χ2n) is 2.84. The van der Waals surface area contributed by atoms with E-state index in [2.05, 4.69) is 0 Å². The number of nitrogens with zero attached hydrogens (tertiary/aromatic N) is 1. The van der Waals surface area contributed by atoms with Crippen LogP contribution in [0.1, 0.15) is 6.42 Å². The number of amides is 1. The lowest BCUT2D eigenvalue weighted by atomic mass is 9.97. The van der Waals surface area contributed by atoms with Gasteiger partial charge in [-0.3, -0.25) is 4.79 Å². The molecule has 0 aromatic carbocycles. The van der Waals surface area contributed by atoms with Crippen LogP contribution in [0.5, 0.6) is 0 Å². The maximum Gasteiger partial charge on any atom is 0.389 e. The van der Waals surface area contributed by atoms with Crippen molar-refractivity contribution >= 4 is 17.0 Å². The van der Waals surface area contributed by atoms with Crippen LogP contribution in [0.25, 0.3) is 0 Å². The molecule has 6 heteroatoms. The van der Waals surface area contributed by atoms with Gasteiger partial charge in [-0.15, -0.1) is 0 Å². The average molecular weight is 202 g/mol. The molecule has 1 amide bonds. The van der Waals surface area contributed by atoms with Crippen LogP contribution in [0.2, 0.25) is 0 Å². The molecule has 2 nitrogen and oxygen atoms in total. The van der Waals surface area contributed by atoms with E-state index in [-0.39, 0.29) is 13.1 Å². The second-order valence-corrected chi connectivity index (χ2v) is 3.17. The molecule has 70 valence electrons. The Morgan fingerprint density at radius 1 is 1.50 bits per heavy atom. The fraction of sp³-hybridized carbons (Fsp3) is 0.833. The minimum Gasteiger partial charge on any atom is -0.329 e.